The number of nitrogens with zero attached hydrogens (tertiary/aromatic N) is 1. The van der Waals surface area contributed by atoms with Crippen molar-refractivity contribution in [3.8, 4) is 0 Å². The molecule has 2 N–H and O–H groups in total. The van der Waals surface area contributed by atoms with Crippen LogP contribution < -0.4 is 10.6 Å². The van der Waals surface area contributed by atoms with E-state index in [1.807, 2.05) is 56.6 Å². The molecule has 1 heterocycles. The van der Waals surface area contributed by atoms with Gasteiger partial charge in [0.25, 0.3) is 5.91 Å². The van der Waals surface area contributed by atoms with Crippen LogP contribution in [0.25, 0.3) is 11.3 Å². The predicted molar refractivity (Wildman–Crippen MR) is 143 cm³/mol. The van der Waals surface area contributed by atoms with E-state index in [1.165, 1.54) is 7.11 Å². The molecule has 34 heavy (non-hydrogen) atoms. The fraction of sp³-hybridized carbons (Fsp3) is 0.154. The summed E-state index contributed by atoms with van der Waals surface area (Å²) in [7, 11) is 5.37. The lowest BCUT2D eigenvalue weighted by molar-refractivity contribution is -0.110. The number of ether oxygens (including phenoxy) is 1. The van der Waals surface area contributed by atoms with Gasteiger partial charge in [0.2, 0.25) is 0 Å². The Morgan fingerprint density at radius 1 is 1.00 bits per heavy atom. The zero-order chi connectivity index (χ0) is 24.4. The minimum Gasteiger partial charge on any atom is -0.465 e. The van der Waals surface area contributed by atoms with Crippen molar-refractivity contribution < 1.29 is 14.3 Å². The first kappa shape index (κ1) is 24.2. The number of anilines is 2. The number of carbonyl (C=O) groups excluding carboxylic acids is 2. The number of carbonyl (C=O) groups is 2. The second-order valence-corrected chi connectivity index (χ2v) is 9.81. The van der Waals surface area contributed by atoms with Crippen molar-refractivity contribution in [2.75, 3.05) is 31.8 Å². The molecule has 0 spiro atoms. The van der Waals surface area contributed by atoms with Crippen molar-refractivity contribution in [3.63, 3.8) is 0 Å². The van der Waals surface area contributed by atoms with Crippen LogP contribution in [-0.4, -0.2) is 38.0 Å². The minimum absolute atomic E-state index is 0.245. The molecule has 1 aliphatic heterocycles. The second-order valence-electron chi connectivity index (χ2n) is 8.10. The van der Waals surface area contributed by atoms with Gasteiger partial charge in [-0.1, -0.05) is 68.3 Å². The average molecular weight is 585 g/mol. The van der Waals surface area contributed by atoms with E-state index in [-0.39, 0.29) is 5.91 Å². The molecule has 0 aliphatic carbocycles. The number of hydrogen-bond donors (Lipinski definition) is 2. The summed E-state index contributed by atoms with van der Waals surface area (Å²) in [5.41, 5.74) is 5.64. The minimum atomic E-state index is -0.455. The Bertz CT molecular complexity index is 1280. The van der Waals surface area contributed by atoms with Crippen molar-refractivity contribution in [2.24, 2.45) is 0 Å². The van der Waals surface area contributed by atoms with Gasteiger partial charge in [0, 0.05) is 26.7 Å². The lowest BCUT2D eigenvalue weighted by Crippen LogP contribution is -2.12. The van der Waals surface area contributed by atoms with Gasteiger partial charge in [-0.2, -0.15) is 0 Å². The predicted octanol–water partition coefficient (Wildman–Crippen LogP) is 5.99. The first-order valence-corrected chi connectivity index (χ1v) is 12.1. The monoisotopic (exact) mass is 583 g/mol. The van der Waals surface area contributed by atoms with Gasteiger partial charge in [0.1, 0.15) is 0 Å². The Balaban J connectivity index is 1.84. The van der Waals surface area contributed by atoms with Crippen molar-refractivity contribution in [2.45, 2.75) is 6.54 Å². The van der Waals surface area contributed by atoms with E-state index in [1.54, 1.807) is 18.2 Å². The number of esters is 1. The molecule has 1 aliphatic rings. The lowest BCUT2D eigenvalue weighted by atomic mass is 9.99. The van der Waals surface area contributed by atoms with Crippen LogP contribution in [-0.2, 0) is 16.1 Å². The zero-order valence-corrected chi connectivity index (χ0v) is 22.1. The van der Waals surface area contributed by atoms with Crippen molar-refractivity contribution in [1.82, 2.24) is 4.90 Å². The van der Waals surface area contributed by atoms with Crippen LogP contribution in [0.4, 0.5) is 11.4 Å². The molecule has 0 saturated carbocycles. The smallest absolute Gasteiger partial charge is 0.337 e. The molecular formula is C26H23Br2N3O3. The first-order chi connectivity index (χ1) is 16.3. The molecule has 0 unspecified atom stereocenters. The summed E-state index contributed by atoms with van der Waals surface area (Å²) in [5.74, 6) is -0.700. The Morgan fingerprint density at radius 3 is 2.29 bits per heavy atom. The molecule has 1 amide bonds. The van der Waals surface area contributed by atoms with Gasteiger partial charge in [0.05, 0.1) is 29.6 Å². The first-order valence-electron chi connectivity index (χ1n) is 10.5. The molecule has 0 fully saturated rings. The Morgan fingerprint density at radius 2 is 1.68 bits per heavy atom. The molecule has 0 radical (unpaired) electrons. The second kappa shape index (κ2) is 10.1. The largest absolute Gasteiger partial charge is 0.465 e. The van der Waals surface area contributed by atoms with Crippen LogP contribution in [0.5, 0.6) is 0 Å². The van der Waals surface area contributed by atoms with Crippen LogP contribution in [0, 0.1) is 0 Å². The number of hydrogen-bond acceptors (Lipinski definition) is 5. The third-order valence-electron chi connectivity index (χ3n) is 5.38. The van der Waals surface area contributed by atoms with E-state index in [0.29, 0.717) is 28.1 Å². The topological polar surface area (TPSA) is 70.7 Å². The van der Waals surface area contributed by atoms with Crippen LogP contribution in [0.15, 0.2) is 69.6 Å². The SMILES string of the molecule is COC(=O)c1ccc2c(c1)NC(=O)C2=C(Nc1cc(Br)c(CN(C)C)c(Br)c1)c1ccccc1. The van der Waals surface area contributed by atoms with Crippen LogP contribution in [0.3, 0.4) is 0 Å². The Kier molecular flexibility index (Phi) is 7.21. The highest BCUT2D eigenvalue weighted by atomic mass is 79.9. The van der Waals surface area contributed by atoms with Gasteiger partial charge in [-0.15, -0.1) is 0 Å². The molecule has 3 aromatic rings. The normalized spacial score (nSPS) is 14.0. The maximum absolute atomic E-state index is 13.1. The van der Waals surface area contributed by atoms with Crippen LogP contribution in [0.2, 0.25) is 0 Å². The molecule has 6 nitrogen and oxygen atoms in total. The fourth-order valence-electron chi connectivity index (χ4n) is 3.84. The Labute approximate surface area is 215 Å². The van der Waals surface area contributed by atoms with Gasteiger partial charge in [-0.25, -0.2) is 4.79 Å². The molecule has 0 atom stereocenters. The van der Waals surface area contributed by atoms with E-state index < -0.39 is 5.97 Å². The van der Waals surface area contributed by atoms with Crippen LogP contribution in [0.1, 0.15) is 27.0 Å². The summed E-state index contributed by atoms with van der Waals surface area (Å²) in [4.78, 5) is 27.2. The lowest BCUT2D eigenvalue weighted by Gasteiger charge is -2.18. The molecule has 0 aromatic heterocycles. The van der Waals surface area contributed by atoms with E-state index in [0.717, 1.165) is 32.3 Å². The van der Waals surface area contributed by atoms with E-state index in [4.69, 9.17) is 4.74 Å². The standard InChI is InChI=1S/C26H23Br2N3O3/c1-31(2)14-19-20(27)12-17(13-21(19)28)29-24(15-7-5-4-6-8-15)23-18-10-9-16(26(33)34-3)11-22(18)30-25(23)32/h4-13,29H,14H2,1-3H3,(H,30,32). The molecular weight excluding hydrogens is 562 g/mol. The summed E-state index contributed by atoms with van der Waals surface area (Å²) in [6.07, 6.45) is 0. The number of rotatable bonds is 6. The van der Waals surface area contributed by atoms with Crippen molar-refractivity contribution >= 4 is 66.4 Å². The summed E-state index contributed by atoms with van der Waals surface area (Å²) < 4.78 is 6.72. The third-order valence-corrected chi connectivity index (χ3v) is 6.80. The fourth-order valence-corrected chi connectivity index (χ4v) is 5.27. The summed E-state index contributed by atoms with van der Waals surface area (Å²) in [6, 6.07) is 18.8. The van der Waals surface area contributed by atoms with E-state index in [9.17, 15) is 9.59 Å². The molecule has 8 heteroatoms. The number of halogens is 2. The van der Waals surface area contributed by atoms with Gasteiger partial charge in [0.15, 0.2) is 0 Å². The number of benzene rings is 3. The average Bonchev–Trinajstić information content (AvgIpc) is 3.14. The van der Waals surface area contributed by atoms with Crippen molar-refractivity contribution in [1.29, 1.82) is 0 Å². The summed E-state index contributed by atoms with van der Waals surface area (Å²) in [6.45, 7) is 0.770. The number of methoxy groups -OCH3 is 1. The number of amides is 1. The van der Waals surface area contributed by atoms with Gasteiger partial charge in [-0.3, -0.25) is 4.79 Å². The van der Waals surface area contributed by atoms with Crippen LogP contribution >= 0.6 is 31.9 Å². The maximum atomic E-state index is 13.1. The zero-order valence-electron chi connectivity index (χ0n) is 18.9. The highest BCUT2D eigenvalue weighted by Gasteiger charge is 2.29. The molecule has 0 saturated heterocycles. The Hall–Kier alpha value is -2.94. The van der Waals surface area contributed by atoms with Gasteiger partial charge < -0.3 is 20.3 Å². The van der Waals surface area contributed by atoms with Gasteiger partial charge in [-0.05, 0) is 49.5 Å². The highest BCUT2D eigenvalue weighted by molar-refractivity contribution is 9.11. The van der Waals surface area contributed by atoms with Crippen molar-refractivity contribution in [3.05, 3.63) is 91.9 Å². The molecule has 0 bridgehead atoms. The number of nitrogens with one attached hydrogen (secondary N) is 2. The number of fused-ring (bicyclic) bond motifs is 1. The highest BCUT2D eigenvalue weighted by Crippen LogP contribution is 2.39. The molecule has 174 valence electrons. The molecule has 3 aromatic carbocycles. The van der Waals surface area contributed by atoms with E-state index >= 15 is 0 Å². The maximum Gasteiger partial charge on any atom is 0.337 e. The quantitative estimate of drug-likeness (QED) is 0.275. The van der Waals surface area contributed by atoms with Gasteiger partial charge >= 0.3 is 5.97 Å². The van der Waals surface area contributed by atoms with E-state index in [2.05, 4.69) is 47.4 Å². The molecule has 4 rings (SSSR count). The summed E-state index contributed by atoms with van der Waals surface area (Å²) in [5, 5.41) is 6.36. The summed E-state index contributed by atoms with van der Waals surface area (Å²) >= 11 is 7.37. The third kappa shape index (κ3) is 4.94.